The van der Waals surface area contributed by atoms with E-state index in [9.17, 15) is 19.3 Å². The minimum atomic E-state index is -1.83. The summed E-state index contributed by atoms with van der Waals surface area (Å²) in [4.78, 5) is 26.9. The lowest BCUT2D eigenvalue weighted by Crippen LogP contribution is -2.48. The first-order valence-corrected chi connectivity index (χ1v) is 14.8. The van der Waals surface area contributed by atoms with Gasteiger partial charge in [0, 0.05) is 12.8 Å². The van der Waals surface area contributed by atoms with Gasteiger partial charge in [-0.3, -0.25) is 9.59 Å². The number of aliphatic hydroxyl groups is 1. The molecule has 6 nitrogen and oxygen atoms in total. The van der Waals surface area contributed by atoms with E-state index in [1.165, 1.54) is 0 Å². The largest absolute Gasteiger partial charge is 0.466 e. The summed E-state index contributed by atoms with van der Waals surface area (Å²) in [6, 6.07) is 38.3. The van der Waals surface area contributed by atoms with Crippen LogP contribution in [0.1, 0.15) is 42.0 Å². The summed E-state index contributed by atoms with van der Waals surface area (Å²) in [5.41, 5.74) is 2.35. The number of hydrogen-bond acceptors (Lipinski definition) is 5. The van der Waals surface area contributed by atoms with Crippen molar-refractivity contribution in [1.82, 2.24) is 5.32 Å². The van der Waals surface area contributed by atoms with Gasteiger partial charge in [0.2, 0.25) is 5.91 Å². The molecule has 0 aliphatic rings. The number of ether oxygens (including phenoxy) is 1. The van der Waals surface area contributed by atoms with E-state index in [1.54, 1.807) is 6.92 Å². The first kappa shape index (κ1) is 30.0. The molecule has 4 aromatic carbocycles. The van der Waals surface area contributed by atoms with Gasteiger partial charge in [-0.2, -0.15) is 0 Å². The predicted octanol–water partition coefficient (Wildman–Crippen LogP) is 5.74. The van der Waals surface area contributed by atoms with Gasteiger partial charge in [-0.25, -0.2) is 0 Å². The Kier molecular flexibility index (Phi) is 10.3. The van der Waals surface area contributed by atoms with Crippen molar-refractivity contribution >= 4 is 20.3 Å². The molecule has 3 unspecified atom stereocenters. The molecule has 0 heterocycles. The van der Waals surface area contributed by atoms with Gasteiger partial charge in [-0.15, -0.1) is 0 Å². The fraction of sp³-hybridized carbons (Fsp3) is 0.235. The first-order chi connectivity index (χ1) is 19.9. The Morgan fingerprint density at radius 2 is 1.22 bits per heavy atom. The quantitative estimate of drug-likeness (QED) is 0.122. The molecule has 1 amide bonds. The molecule has 0 aliphatic carbocycles. The van der Waals surface area contributed by atoms with Crippen LogP contribution in [0.15, 0.2) is 121 Å². The van der Waals surface area contributed by atoms with Gasteiger partial charge in [-0.05, 0) is 35.6 Å². The lowest BCUT2D eigenvalue weighted by Gasteiger charge is -2.37. The Morgan fingerprint density at radius 1 is 0.780 bits per heavy atom. The molecule has 0 fully saturated rings. The standard InChI is InChI=1S/C34H36NO5P/c1-2-40-32(37)30(33(38,41-39)25-26-15-7-3-8-16-26)23-24-31(36)35-34(27-17-9-4-10-18-27,28-19-11-5-12-20-28)29-21-13-6-14-22-29/h3-22,30,38H,2,23-25,41H2,1H3,(H,35,36). The predicted molar refractivity (Wildman–Crippen MR) is 162 cm³/mol. The van der Waals surface area contributed by atoms with Crippen molar-refractivity contribution in [3.8, 4) is 0 Å². The maximum absolute atomic E-state index is 13.8. The molecule has 0 bridgehead atoms. The molecule has 4 rings (SSSR count). The third kappa shape index (κ3) is 7.02. The molecule has 3 atom stereocenters. The van der Waals surface area contributed by atoms with E-state index < -0.39 is 31.2 Å². The number of esters is 1. The Labute approximate surface area is 242 Å². The fourth-order valence-electron chi connectivity index (χ4n) is 5.31. The van der Waals surface area contributed by atoms with Crippen LogP contribution in [0.5, 0.6) is 0 Å². The minimum absolute atomic E-state index is 0.0136. The van der Waals surface area contributed by atoms with Crippen LogP contribution in [-0.4, -0.2) is 28.9 Å². The highest BCUT2D eigenvalue weighted by Gasteiger charge is 2.43. The van der Waals surface area contributed by atoms with E-state index in [1.807, 2.05) is 121 Å². The number of nitrogens with one attached hydrogen (secondary N) is 1. The van der Waals surface area contributed by atoms with E-state index in [4.69, 9.17) is 4.74 Å². The molecular weight excluding hydrogens is 533 g/mol. The molecule has 0 aliphatic heterocycles. The molecule has 0 aromatic heterocycles. The van der Waals surface area contributed by atoms with Crippen molar-refractivity contribution in [3.63, 3.8) is 0 Å². The SMILES string of the molecule is CCOC(=O)C(CCC(=O)NC(c1ccccc1)(c1ccccc1)c1ccccc1)C(O)(Cc1ccccc1)[PH2]=O. The summed E-state index contributed by atoms with van der Waals surface area (Å²) >= 11 is 0. The summed E-state index contributed by atoms with van der Waals surface area (Å²) in [6.07, 6.45) is -0.105. The summed E-state index contributed by atoms with van der Waals surface area (Å²) in [5.74, 6) is -2.12. The molecule has 2 N–H and O–H groups in total. The second-order valence-corrected chi connectivity index (χ2v) is 11.2. The molecule has 0 spiro atoms. The second-order valence-electron chi connectivity index (χ2n) is 10.0. The topological polar surface area (TPSA) is 92.7 Å². The average Bonchev–Trinajstić information content (AvgIpc) is 3.02. The third-order valence-electron chi connectivity index (χ3n) is 7.32. The van der Waals surface area contributed by atoms with Gasteiger partial charge in [0.15, 0.2) is 0 Å². The van der Waals surface area contributed by atoms with Crippen molar-refractivity contribution in [1.29, 1.82) is 0 Å². The van der Waals surface area contributed by atoms with Crippen LogP contribution < -0.4 is 5.32 Å². The normalized spacial score (nSPS) is 13.8. The van der Waals surface area contributed by atoms with Crippen molar-refractivity contribution in [2.45, 2.75) is 37.1 Å². The van der Waals surface area contributed by atoms with Gasteiger partial charge in [-0.1, -0.05) is 121 Å². The van der Waals surface area contributed by atoms with E-state index >= 15 is 0 Å². The van der Waals surface area contributed by atoms with Gasteiger partial charge in [0.05, 0.1) is 21.0 Å². The average molecular weight is 570 g/mol. The van der Waals surface area contributed by atoms with Crippen LogP contribution in [0, 0.1) is 5.92 Å². The zero-order valence-electron chi connectivity index (χ0n) is 23.1. The first-order valence-electron chi connectivity index (χ1n) is 13.8. The number of carbonyl (C=O) groups is 2. The number of amides is 1. The Bertz CT molecular complexity index is 1320. The van der Waals surface area contributed by atoms with Crippen LogP contribution >= 0.6 is 8.46 Å². The van der Waals surface area contributed by atoms with Crippen LogP contribution in [-0.2, 0) is 30.9 Å². The number of carbonyl (C=O) groups excluding carboxylic acids is 2. The lowest BCUT2D eigenvalue weighted by molar-refractivity contribution is -0.154. The van der Waals surface area contributed by atoms with Crippen LogP contribution in [0.3, 0.4) is 0 Å². The van der Waals surface area contributed by atoms with Crippen LogP contribution in [0.25, 0.3) is 0 Å². The molecule has 0 saturated heterocycles. The van der Waals surface area contributed by atoms with Crippen molar-refractivity contribution in [2.75, 3.05) is 6.61 Å². The smallest absolute Gasteiger partial charge is 0.312 e. The molecule has 212 valence electrons. The zero-order chi connectivity index (χ0) is 29.1. The van der Waals surface area contributed by atoms with Gasteiger partial charge in [0.25, 0.3) is 0 Å². The van der Waals surface area contributed by atoms with Crippen molar-refractivity contribution < 1.29 is 24.0 Å². The Hall–Kier alpha value is -3.99. The monoisotopic (exact) mass is 569 g/mol. The van der Waals surface area contributed by atoms with Gasteiger partial charge in [0.1, 0.15) is 10.9 Å². The van der Waals surface area contributed by atoms with Gasteiger partial charge < -0.3 is 19.7 Å². The highest BCUT2D eigenvalue weighted by atomic mass is 31.1. The van der Waals surface area contributed by atoms with Crippen molar-refractivity contribution in [2.24, 2.45) is 5.92 Å². The summed E-state index contributed by atoms with van der Waals surface area (Å²) < 4.78 is 17.7. The summed E-state index contributed by atoms with van der Waals surface area (Å²) in [5, 5.41) is 13.0. The number of hydrogen-bond donors (Lipinski definition) is 2. The van der Waals surface area contributed by atoms with Crippen LogP contribution in [0.2, 0.25) is 0 Å². The maximum Gasteiger partial charge on any atom is 0.312 e. The van der Waals surface area contributed by atoms with Crippen molar-refractivity contribution in [3.05, 3.63) is 144 Å². The Morgan fingerprint density at radius 3 is 1.63 bits per heavy atom. The summed E-state index contributed by atoms with van der Waals surface area (Å²) in [7, 11) is -1.77. The highest BCUT2D eigenvalue weighted by Crippen LogP contribution is 2.39. The maximum atomic E-state index is 13.8. The molecule has 0 radical (unpaired) electrons. The number of rotatable bonds is 13. The highest BCUT2D eigenvalue weighted by molar-refractivity contribution is 7.25. The van der Waals surface area contributed by atoms with E-state index in [0.717, 1.165) is 22.3 Å². The van der Waals surface area contributed by atoms with E-state index in [2.05, 4.69) is 5.32 Å². The molecule has 41 heavy (non-hydrogen) atoms. The van der Waals surface area contributed by atoms with Crippen LogP contribution in [0.4, 0.5) is 0 Å². The molecule has 4 aromatic rings. The number of benzene rings is 4. The zero-order valence-corrected chi connectivity index (χ0v) is 24.3. The van der Waals surface area contributed by atoms with E-state index in [0.29, 0.717) is 0 Å². The molecule has 0 saturated carbocycles. The minimum Gasteiger partial charge on any atom is -0.466 e. The Balaban J connectivity index is 1.68. The lowest BCUT2D eigenvalue weighted by atomic mass is 9.76. The summed E-state index contributed by atoms with van der Waals surface area (Å²) in [6.45, 7) is 1.78. The second kappa shape index (κ2) is 14.1. The fourth-order valence-corrected chi connectivity index (χ4v) is 6.10. The van der Waals surface area contributed by atoms with Gasteiger partial charge >= 0.3 is 5.97 Å². The molecular formula is C34H36NO5P. The van der Waals surface area contributed by atoms with E-state index in [-0.39, 0.29) is 31.8 Å². The molecule has 7 heteroatoms. The third-order valence-corrected chi connectivity index (χ3v) is 8.33.